The van der Waals surface area contributed by atoms with Gasteiger partial charge in [0.25, 0.3) is 0 Å². The molecule has 0 radical (unpaired) electrons. The molecule has 0 fully saturated rings. The Morgan fingerprint density at radius 2 is 2.00 bits per heavy atom. The molecular formula is C11H7Cl3N4OS. The lowest BCUT2D eigenvalue weighted by atomic mass is 10.2. The summed E-state index contributed by atoms with van der Waals surface area (Å²) in [5.41, 5.74) is 0.307. The van der Waals surface area contributed by atoms with E-state index in [-0.39, 0.29) is 20.8 Å². The fraction of sp³-hybridized carbons (Fsp3) is 0.182. The van der Waals surface area contributed by atoms with Gasteiger partial charge >= 0.3 is 0 Å². The van der Waals surface area contributed by atoms with Gasteiger partial charge in [-0.25, -0.2) is 0 Å². The second-order valence-electron chi connectivity index (χ2n) is 3.95. The normalized spacial score (nSPS) is 11.4. The summed E-state index contributed by atoms with van der Waals surface area (Å²) in [6.45, 7) is 1.95. The Morgan fingerprint density at radius 1 is 1.25 bits per heavy atom. The van der Waals surface area contributed by atoms with E-state index in [0.717, 1.165) is 5.82 Å². The van der Waals surface area contributed by atoms with Gasteiger partial charge in [-0.15, -0.1) is 10.2 Å². The van der Waals surface area contributed by atoms with Gasteiger partial charge in [-0.1, -0.05) is 53.1 Å². The Kier molecular flexibility index (Phi) is 3.50. The number of aryl methyl sites for hydroxylation is 1. The van der Waals surface area contributed by atoms with Crippen molar-refractivity contribution >= 4 is 51.1 Å². The first-order valence-electron chi connectivity index (χ1n) is 5.60. The molecular weight excluding hydrogens is 343 g/mol. The van der Waals surface area contributed by atoms with E-state index in [9.17, 15) is 5.11 Å². The van der Waals surface area contributed by atoms with Crippen LogP contribution in [0, 0.1) is 0 Å². The Labute approximate surface area is 132 Å². The lowest BCUT2D eigenvalue weighted by Crippen LogP contribution is -1.93. The van der Waals surface area contributed by atoms with Crippen molar-refractivity contribution in [1.82, 2.24) is 19.8 Å². The molecule has 0 bridgehead atoms. The fourth-order valence-electron chi connectivity index (χ4n) is 1.76. The standard InChI is InChI=1S/C11H7Cl3N4OS/c1-2-6-15-16-11-18(6)17-10(20-11)7-8(14)4(12)3-5(13)9(7)19/h3,19H,2H2,1H3. The minimum absolute atomic E-state index is 0.121. The van der Waals surface area contributed by atoms with Crippen molar-refractivity contribution in [3.05, 3.63) is 27.0 Å². The summed E-state index contributed by atoms with van der Waals surface area (Å²) in [5.74, 6) is 0.579. The Balaban J connectivity index is 2.28. The molecule has 3 rings (SSSR count). The van der Waals surface area contributed by atoms with Crippen molar-refractivity contribution in [3.8, 4) is 16.3 Å². The largest absolute Gasteiger partial charge is 0.506 e. The molecule has 0 atom stereocenters. The van der Waals surface area contributed by atoms with Gasteiger partial charge in [0, 0.05) is 6.42 Å². The molecule has 1 N–H and O–H groups in total. The molecule has 2 heterocycles. The van der Waals surface area contributed by atoms with Gasteiger partial charge in [-0.05, 0) is 6.07 Å². The summed E-state index contributed by atoms with van der Waals surface area (Å²) in [6.07, 6.45) is 0.695. The van der Waals surface area contributed by atoms with Gasteiger partial charge in [-0.2, -0.15) is 9.61 Å². The average molecular weight is 350 g/mol. The Morgan fingerprint density at radius 3 is 2.70 bits per heavy atom. The highest BCUT2D eigenvalue weighted by Gasteiger charge is 2.21. The summed E-state index contributed by atoms with van der Waals surface area (Å²) in [6, 6.07) is 1.39. The molecule has 2 aromatic heterocycles. The third kappa shape index (κ3) is 2.03. The van der Waals surface area contributed by atoms with E-state index >= 15 is 0 Å². The number of phenols is 1. The van der Waals surface area contributed by atoms with Crippen LogP contribution in [0.2, 0.25) is 15.1 Å². The van der Waals surface area contributed by atoms with Gasteiger partial charge in [0.05, 0.1) is 20.6 Å². The summed E-state index contributed by atoms with van der Waals surface area (Å²) in [4.78, 5) is 0.614. The number of hydrogen-bond donors (Lipinski definition) is 1. The van der Waals surface area contributed by atoms with Gasteiger partial charge in [-0.3, -0.25) is 0 Å². The first-order chi connectivity index (χ1) is 9.52. The van der Waals surface area contributed by atoms with Crippen molar-refractivity contribution in [1.29, 1.82) is 0 Å². The highest BCUT2D eigenvalue weighted by Crippen LogP contribution is 2.45. The second kappa shape index (κ2) is 5.04. The number of benzene rings is 1. The summed E-state index contributed by atoms with van der Waals surface area (Å²) < 4.78 is 1.62. The maximum absolute atomic E-state index is 10.1. The molecule has 20 heavy (non-hydrogen) atoms. The van der Waals surface area contributed by atoms with Gasteiger partial charge in [0.15, 0.2) is 10.8 Å². The van der Waals surface area contributed by atoms with Gasteiger partial charge < -0.3 is 5.11 Å². The summed E-state index contributed by atoms with van der Waals surface area (Å²) in [7, 11) is 0. The fourth-order valence-corrected chi connectivity index (χ4v) is 3.42. The molecule has 0 aliphatic heterocycles. The van der Waals surface area contributed by atoms with E-state index in [1.54, 1.807) is 4.52 Å². The lowest BCUT2D eigenvalue weighted by molar-refractivity contribution is 0.477. The smallest absolute Gasteiger partial charge is 0.234 e. The number of rotatable bonds is 2. The lowest BCUT2D eigenvalue weighted by Gasteiger charge is -2.07. The summed E-state index contributed by atoms with van der Waals surface area (Å²) >= 11 is 19.3. The van der Waals surface area contributed by atoms with E-state index in [1.165, 1.54) is 17.4 Å². The molecule has 0 amide bonds. The van der Waals surface area contributed by atoms with Crippen molar-refractivity contribution in [2.24, 2.45) is 0 Å². The SMILES string of the molecule is CCc1nnc2sc(-c3c(O)c(Cl)cc(Cl)c3Cl)nn12. The number of phenolic OH excluding ortho intramolecular Hbond substituents is 1. The molecule has 0 saturated heterocycles. The summed E-state index contributed by atoms with van der Waals surface area (Å²) in [5, 5.41) is 23.5. The van der Waals surface area contributed by atoms with Crippen LogP contribution in [0.15, 0.2) is 6.07 Å². The van der Waals surface area contributed by atoms with Gasteiger partial charge in [0.1, 0.15) is 5.75 Å². The van der Waals surface area contributed by atoms with Crippen LogP contribution in [0.3, 0.4) is 0 Å². The molecule has 1 aromatic carbocycles. The predicted octanol–water partition coefficient (Wildman–Crippen LogP) is 4.08. The van der Waals surface area contributed by atoms with Crippen molar-refractivity contribution in [3.63, 3.8) is 0 Å². The van der Waals surface area contributed by atoms with Crippen molar-refractivity contribution < 1.29 is 5.11 Å². The maximum atomic E-state index is 10.1. The van der Waals surface area contributed by atoms with E-state index in [4.69, 9.17) is 34.8 Å². The topological polar surface area (TPSA) is 63.3 Å². The molecule has 0 aliphatic rings. The number of halogens is 3. The van der Waals surface area contributed by atoms with Crippen molar-refractivity contribution in [2.45, 2.75) is 13.3 Å². The molecule has 0 aliphatic carbocycles. The van der Waals surface area contributed by atoms with E-state index in [2.05, 4.69) is 15.3 Å². The number of fused-ring (bicyclic) bond motifs is 1. The minimum Gasteiger partial charge on any atom is -0.506 e. The monoisotopic (exact) mass is 348 g/mol. The highest BCUT2D eigenvalue weighted by atomic mass is 35.5. The van der Waals surface area contributed by atoms with Crippen LogP contribution in [0.5, 0.6) is 5.75 Å². The van der Waals surface area contributed by atoms with Crippen LogP contribution in [-0.4, -0.2) is 24.9 Å². The number of nitrogens with zero attached hydrogens (tertiary/aromatic N) is 4. The van der Waals surface area contributed by atoms with E-state index < -0.39 is 0 Å². The van der Waals surface area contributed by atoms with E-state index in [1.807, 2.05) is 6.92 Å². The Hall–Kier alpha value is -1.08. The van der Waals surface area contributed by atoms with Crippen molar-refractivity contribution in [2.75, 3.05) is 0 Å². The zero-order valence-corrected chi connectivity index (χ0v) is 13.1. The zero-order chi connectivity index (χ0) is 14.4. The molecule has 5 nitrogen and oxygen atoms in total. The van der Waals surface area contributed by atoms with Gasteiger partial charge in [0.2, 0.25) is 4.96 Å². The predicted molar refractivity (Wildman–Crippen MR) is 80.2 cm³/mol. The average Bonchev–Trinajstić information content (AvgIpc) is 2.96. The third-order valence-corrected chi connectivity index (χ3v) is 4.72. The highest BCUT2D eigenvalue weighted by molar-refractivity contribution is 7.20. The Bertz CT molecular complexity index is 787. The zero-order valence-electron chi connectivity index (χ0n) is 10.1. The third-order valence-electron chi connectivity index (χ3n) is 2.73. The molecule has 0 unspecified atom stereocenters. The minimum atomic E-state index is -0.149. The molecule has 9 heteroatoms. The quantitative estimate of drug-likeness (QED) is 0.708. The van der Waals surface area contributed by atoms with Crippen LogP contribution >= 0.6 is 46.1 Å². The maximum Gasteiger partial charge on any atom is 0.234 e. The van der Waals surface area contributed by atoms with Crippen LogP contribution in [0.4, 0.5) is 0 Å². The second-order valence-corrected chi connectivity index (χ2v) is 6.10. The van der Waals surface area contributed by atoms with Crippen LogP contribution in [0.25, 0.3) is 15.5 Å². The molecule has 3 aromatic rings. The number of aromatic nitrogens is 4. The van der Waals surface area contributed by atoms with E-state index in [0.29, 0.717) is 22.0 Å². The van der Waals surface area contributed by atoms with Crippen LogP contribution < -0.4 is 0 Å². The number of aromatic hydroxyl groups is 1. The van der Waals surface area contributed by atoms with Crippen LogP contribution in [-0.2, 0) is 6.42 Å². The molecule has 104 valence electrons. The first kappa shape index (κ1) is 13.9. The van der Waals surface area contributed by atoms with Crippen LogP contribution in [0.1, 0.15) is 12.7 Å². The molecule has 0 spiro atoms. The molecule has 0 saturated carbocycles. The first-order valence-corrected chi connectivity index (χ1v) is 7.56. The number of hydrogen-bond acceptors (Lipinski definition) is 5.